The second-order valence-electron chi connectivity index (χ2n) is 7.77. The molecule has 1 aliphatic carbocycles. The summed E-state index contributed by atoms with van der Waals surface area (Å²) in [4.78, 5) is 5.57. The van der Waals surface area contributed by atoms with Gasteiger partial charge >= 0.3 is 0 Å². The van der Waals surface area contributed by atoms with Crippen LogP contribution in [0, 0.1) is 5.92 Å². The van der Waals surface area contributed by atoms with E-state index in [1.54, 1.807) is 0 Å². The molecule has 0 amide bonds. The van der Waals surface area contributed by atoms with Gasteiger partial charge in [-0.25, -0.2) is 0 Å². The summed E-state index contributed by atoms with van der Waals surface area (Å²) in [5.41, 5.74) is 6.61. The van der Waals surface area contributed by atoms with E-state index in [0.717, 1.165) is 18.5 Å². The quantitative estimate of drug-likeness (QED) is 0.868. The van der Waals surface area contributed by atoms with Gasteiger partial charge in [0.2, 0.25) is 0 Å². The Labute approximate surface area is 131 Å². The van der Waals surface area contributed by atoms with E-state index < -0.39 is 0 Å². The van der Waals surface area contributed by atoms with Crippen LogP contribution in [0.5, 0.6) is 0 Å². The normalized spacial score (nSPS) is 37.7. The molecule has 3 aliphatic rings. The minimum absolute atomic E-state index is 0.325. The lowest BCUT2D eigenvalue weighted by Gasteiger charge is -2.53. The van der Waals surface area contributed by atoms with Crippen molar-refractivity contribution in [2.45, 2.75) is 76.3 Å². The summed E-state index contributed by atoms with van der Waals surface area (Å²) < 4.78 is 0. The largest absolute Gasteiger partial charge is 0.329 e. The van der Waals surface area contributed by atoms with E-state index in [0.29, 0.717) is 5.54 Å². The number of rotatable bonds is 3. The average molecular weight is 293 g/mol. The molecule has 0 aromatic carbocycles. The van der Waals surface area contributed by atoms with Gasteiger partial charge in [-0.1, -0.05) is 26.2 Å². The van der Waals surface area contributed by atoms with Gasteiger partial charge in [0.15, 0.2) is 0 Å². The molecule has 2 saturated heterocycles. The van der Waals surface area contributed by atoms with Crippen LogP contribution in [0.1, 0.15) is 64.7 Å². The van der Waals surface area contributed by atoms with Gasteiger partial charge in [0, 0.05) is 31.2 Å². The Hall–Kier alpha value is -0.120. The first-order valence-electron chi connectivity index (χ1n) is 9.45. The van der Waals surface area contributed by atoms with Crippen LogP contribution in [0.25, 0.3) is 0 Å². The molecule has 3 heteroatoms. The minimum atomic E-state index is 0.325. The van der Waals surface area contributed by atoms with Crippen molar-refractivity contribution in [2.75, 3.05) is 32.7 Å². The molecule has 3 fully saturated rings. The minimum Gasteiger partial charge on any atom is -0.329 e. The van der Waals surface area contributed by atoms with Crippen LogP contribution in [0.4, 0.5) is 0 Å². The fourth-order valence-electron chi connectivity index (χ4n) is 5.26. The molecule has 0 radical (unpaired) electrons. The summed E-state index contributed by atoms with van der Waals surface area (Å²) in [6, 6.07) is 0.857. The monoisotopic (exact) mass is 293 g/mol. The Morgan fingerprint density at radius 1 is 0.905 bits per heavy atom. The van der Waals surface area contributed by atoms with E-state index in [1.807, 2.05) is 0 Å². The standard InChI is InChI=1S/C18H35N3/c1-16-7-3-4-10-18(16,15-19)21-13-8-17(9-14-21)20-11-5-2-6-12-20/h16-17H,2-15,19H2,1H3. The Balaban J connectivity index is 1.58. The molecule has 2 heterocycles. The van der Waals surface area contributed by atoms with Gasteiger partial charge in [0.05, 0.1) is 0 Å². The van der Waals surface area contributed by atoms with Gasteiger partial charge in [0.1, 0.15) is 0 Å². The topological polar surface area (TPSA) is 32.5 Å². The SMILES string of the molecule is CC1CCCCC1(CN)N1CCC(N2CCCCC2)CC1. The molecule has 0 spiro atoms. The fraction of sp³-hybridized carbons (Fsp3) is 1.00. The predicted molar refractivity (Wildman–Crippen MR) is 89.4 cm³/mol. The van der Waals surface area contributed by atoms with E-state index in [4.69, 9.17) is 5.73 Å². The second kappa shape index (κ2) is 6.97. The van der Waals surface area contributed by atoms with E-state index in [2.05, 4.69) is 16.7 Å². The summed E-state index contributed by atoms with van der Waals surface area (Å²) >= 11 is 0. The molecule has 122 valence electrons. The molecule has 2 N–H and O–H groups in total. The molecule has 2 aliphatic heterocycles. The van der Waals surface area contributed by atoms with Crippen LogP contribution in [0.3, 0.4) is 0 Å². The maximum absolute atomic E-state index is 6.28. The summed E-state index contributed by atoms with van der Waals surface area (Å²) in [6.45, 7) is 8.57. The van der Waals surface area contributed by atoms with Gasteiger partial charge in [-0.2, -0.15) is 0 Å². The zero-order valence-corrected chi connectivity index (χ0v) is 14.0. The molecule has 2 atom stereocenters. The number of nitrogens with two attached hydrogens (primary N) is 1. The lowest BCUT2D eigenvalue weighted by atomic mass is 9.71. The number of nitrogens with zero attached hydrogens (tertiary/aromatic N) is 2. The first-order chi connectivity index (χ1) is 10.3. The van der Waals surface area contributed by atoms with Crippen LogP contribution >= 0.6 is 0 Å². The highest BCUT2D eigenvalue weighted by Crippen LogP contribution is 2.39. The molecule has 3 rings (SSSR count). The van der Waals surface area contributed by atoms with E-state index in [-0.39, 0.29) is 0 Å². The van der Waals surface area contributed by atoms with Gasteiger partial charge < -0.3 is 10.6 Å². The molecule has 0 aromatic heterocycles. The summed E-state index contributed by atoms with van der Waals surface area (Å²) in [7, 11) is 0. The van der Waals surface area contributed by atoms with Gasteiger partial charge in [-0.15, -0.1) is 0 Å². The van der Waals surface area contributed by atoms with Crippen molar-refractivity contribution >= 4 is 0 Å². The Morgan fingerprint density at radius 3 is 2.24 bits per heavy atom. The Morgan fingerprint density at radius 2 is 1.62 bits per heavy atom. The fourth-order valence-corrected chi connectivity index (χ4v) is 5.26. The maximum atomic E-state index is 6.28. The van der Waals surface area contributed by atoms with E-state index in [1.165, 1.54) is 84.0 Å². The highest BCUT2D eigenvalue weighted by atomic mass is 15.3. The molecular weight excluding hydrogens is 258 g/mol. The second-order valence-corrected chi connectivity index (χ2v) is 7.77. The van der Waals surface area contributed by atoms with Gasteiger partial charge in [0.25, 0.3) is 0 Å². The number of likely N-dealkylation sites (tertiary alicyclic amines) is 2. The van der Waals surface area contributed by atoms with Crippen LogP contribution in [0.2, 0.25) is 0 Å². The summed E-state index contributed by atoms with van der Waals surface area (Å²) in [6.07, 6.45) is 12.5. The highest BCUT2D eigenvalue weighted by molar-refractivity contribution is 5.00. The van der Waals surface area contributed by atoms with Crippen molar-refractivity contribution < 1.29 is 0 Å². The van der Waals surface area contributed by atoms with Crippen molar-refractivity contribution in [2.24, 2.45) is 11.7 Å². The number of hydrogen-bond donors (Lipinski definition) is 1. The highest BCUT2D eigenvalue weighted by Gasteiger charge is 2.43. The first-order valence-corrected chi connectivity index (χ1v) is 9.45. The third-order valence-electron chi connectivity index (χ3n) is 6.77. The zero-order valence-electron chi connectivity index (χ0n) is 14.0. The molecule has 2 unspecified atom stereocenters. The van der Waals surface area contributed by atoms with Crippen LogP contribution in [0.15, 0.2) is 0 Å². The van der Waals surface area contributed by atoms with Crippen molar-refractivity contribution in [3.05, 3.63) is 0 Å². The van der Waals surface area contributed by atoms with Crippen LogP contribution in [-0.4, -0.2) is 54.1 Å². The third-order valence-corrected chi connectivity index (χ3v) is 6.77. The van der Waals surface area contributed by atoms with Gasteiger partial charge in [-0.3, -0.25) is 4.90 Å². The van der Waals surface area contributed by atoms with E-state index >= 15 is 0 Å². The number of hydrogen-bond acceptors (Lipinski definition) is 3. The predicted octanol–water partition coefficient (Wildman–Crippen LogP) is 2.84. The first kappa shape index (κ1) is 15.8. The lowest BCUT2D eigenvalue weighted by Crippen LogP contribution is -2.62. The average Bonchev–Trinajstić information content (AvgIpc) is 2.57. The molecular formula is C18H35N3. The Kier molecular flexibility index (Phi) is 5.23. The molecule has 3 nitrogen and oxygen atoms in total. The van der Waals surface area contributed by atoms with Gasteiger partial charge in [-0.05, 0) is 57.5 Å². The number of piperidine rings is 2. The molecule has 0 bridgehead atoms. The van der Waals surface area contributed by atoms with Crippen molar-refractivity contribution in [1.29, 1.82) is 0 Å². The van der Waals surface area contributed by atoms with Crippen molar-refractivity contribution in [1.82, 2.24) is 9.80 Å². The van der Waals surface area contributed by atoms with Crippen molar-refractivity contribution in [3.63, 3.8) is 0 Å². The summed E-state index contributed by atoms with van der Waals surface area (Å²) in [5.74, 6) is 0.780. The van der Waals surface area contributed by atoms with E-state index in [9.17, 15) is 0 Å². The van der Waals surface area contributed by atoms with Crippen molar-refractivity contribution in [3.8, 4) is 0 Å². The molecule has 21 heavy (non-hydrogen) atoms. The maximum Gasteiger partial charge on any atom is 0.0357 e. The van der Waals surface area contributed by atoms with Crippen LogP contribution < -0.4 is 5.73 Å². The summed E-state index contributed by atoms with van der Waals surface area (Å²) in [5, 5.41) is 0. The molecule has 1 saturated carbocycles. The zero-order chi connectivity index (χ0) is 14.7. The van der Waals surface area contributed by atoms with Crippen LogP contribution in [-0.2, 0) is 0 Å². The smallest absolute Gasteiger partial charge is 0.0357 e. The Bertz CT molecular complexity index is 318. The lowest BCUT2D eigenvalue weighted by molar-refractivity contribution is -0.0206. The third kappa shape index (κ3) is 3.16. The molecule has 0 aromatic rings.